The van der Waals surface area contributed by atoms with E-state index < -0.39 is 5.97 Å². The lowest BCUT2D eigenvalue weighted by Gasteiger charge is -2.14. The molecule has 0 saturated carbocycles. The second-order valence-corrected chi connectivity index (χ2v) is 4.67. The van der Waals surface area contributed by atoms with Crippen molar-refractivity contribution in [2.75, 3.05) is 6.54 Å². The number of phenols is 1. The van der Waals surface area contributed by atoms with E-state index in [-0.39, 0.29) is 24.2 Å². The summed E-state index contributed by atoms with van der Waals surface area (Å²) in [4.78, 5) is 21.8. The maximum atomic E-state index is 11.5. The fourth-order valence-electron chi connectivity index (χ4n) is 1.80. The van der Waals surface area contributed by atoms with Crippen molar-refractivity contribution in [3.05, 3.63) is 29.8 Å². The summed E-state index contributed by atoms with van der Waals surface area (Å²) in [5.74, 6) is -0.669. The predicted octanol–water partition coefficient (Wildman–Crippen LogP) is 1.49. The molecular formula is C14H20N2O4. The number of rotatable bonds is 7. The topological polar surface area (TPSA) is 98.7 Å². The van der Waals surface area contributed by atoms with Gasteiger partial charge >= 0.3 is 12.0 Å². The Bertz CT molecular complexity index is 462. The molecule has 4 N–H and O–H groups in total. The summed E-state index contributed by atoms with van der Waals surface area (Å²) < 4.78 is 0. The molecule has 1 rings (SSSR count). The van der Waals surface area contributed by atoms with Crippen molar-refractivity contribution in [1.29, 1.82) is 0 Å². The summed E-state index contributed by atoms with van der Waals surface area (Å²) in [6.45, 7) is 2.19. The zero-order chi connectivity index (χ0) is 15.0. The van der Waals surface area contributed by atoms with Crippen molar-refractivity contribution in [2.24, 2.45) is 0 Å². The molecule has 6 heteroatoms. The molecular weight excluding hydrogens is 260 g/mol. The molecule has 1 atom stereocenters. The van der Waals surface area contributed by atoms with Gasteiger partial charge in [0, 0.05) is 19.0 Å². The Kier molecular flexibility index (Phi) is 6.36. The fraction of sp³-hybridized carbons (Fsp3) is 0.429. The number of carboxylic acid groups (broad SMARTS) is 1. The fourth-order valence-corrected chi connectivity index (χ4v) is 1.80. The van der Waals surface area contributed by atoms with Gasteiger partial charge in [-0.2, -0.15) is 0 Å². The average molecular weight is 280 g/mol. The molecule has 6 nitrogen and oxygen atoms in total. The molecule has 20 heavy (non-hydrogen) atoms. The third-order valence-corrected chi connectivity index (χ3v) is 2.68. The minimum absolute atomic E-state index is 0.0408. The highest BCUT2D eigenvalue weighted by atomic mass is 16.4. The number of urea groups is 1. The number of amides is 2. The van der Waals surface area contributed by atoms with Crippen molar-refractivity contribution in [3.63, 3.8) is 0 Å². The summed E-state index contributed by atoms with van der Waals surface area (Å²) in [6, 6.07) is 6.48. The van der Waals surface area contributed by atoms with Gasteiger partial charge in [0.25, 0.3) is 0 Å². The Labute approximate surface area is 117 Å². The number of hydrogen-bond acceptors (Lipinski definition) is 3. The number of aliphatic carboxylic acids is 1. The lowest BCUT2D eigenvalue weighted by molar-refractivity contribution is -0.137. The Morgan fingerprint density at radius 3 is 2.75 bits per heavy atom. The summed E-state index contributed by atoms with van der Waals surface area (Å²) in [5, 5.41) is 23.2. The molecule has 0 spiro atoms. The molecule has 0 aliphatic rings. The highest BCUT2D eigenvalue weighted by Crippen LogP contribution is 2.12. The van der Waals surface area contributed by atoms with Gasteiger partial charge < -0.3 is 20.8 Å². The number of carboxylic acids is 1. The van der Waals surface area contributed by atoms with Crippen molar-refractivity contribution in [3.8, 4) is 5.75 Å². The summed E-state index contributed by atoms with van der Waals surface area (Å²) >= 11 is 0. The summed E-state index contributed by atoms with van der Waals surface area (Å²) in [7, 11) is 0. The second kappa shape index (κ2) is 8.04. The van der Waals surface area contributed by atoms with E-state index in [1.165, 1.54) is 0 Å². The number of aromatic hydroxyl groups is 1. The van der Waals surface area contributed by atoms with Crippen LogP contribution in [0.2, 0.25) is 0 Å². The van der Waals surface area contributed by atoms with E-state index in [1.54, 1.807) is 18.2 Å². The second-order valence-electron chi connectivity index (χ2n) is 4.67. The first-order valence-corrected chi connectivity index (χ1v) is 6.51. The highest BCUT2D eigenvalue weighted by Gasteiger charge is 2.08. The van der Waals surface area contributed by atoms with E-state index >= 15 is 0 Å². The van der Waals surface area contributed by atoms with E-state index in [0.717, 1.165) is 5.56 Å². The van der Waals surface area contributed by atoms with Gasteiger partial charge in [-0.25, -0.2) is 4.79 Å². The molecule has 110 valence electrons. The normalized spacial score (nSPS) is 11.7. The maximum Gasteiger partial charge on any atom is 0.315 e. The lowest BCUT2D eigenvalue weighted by atomic mass is 10.1. The van der Waals surface area contributed by atoms with Crippen molar-refractivity contribution < 1.29 is 19.8 Å². The van der Waals surface area contributed by atoms with Gasteiger partial charge in [0.2, 0.25) is 0 Å². The van der Waals surface area contributed by atoms with Crippen LogP contribution in [0.3, 0.4) is 0 Å². The third-order valence-electron chi connectivity index (χ3n) is 2.68. The Morgan fingerprint density at radius 2 is 2.10 bits per heavy atom. The largest absolute Gasteiger partial charge is 0.508 e. The molecule has 0 radical (unpaired) electrons. The molecule has 0 aliphatic heterocycles. The molecule has 0 fully saturated rings. The molecule has 0 aliphatic carbocycles. The number of phenolic OH excluding ortho intramolecular Hbond substituents is 1. The summed E-state index contributed by atoms with van der Waals surface area (Å²) in [6.07, 6.45) is 1.06. The first-order chi connectivity index (χ1) is 9.47. The third kappa shape index (κ3) is 6.63. The lowest BCUT2D eigenvalue weighted by Crippen LogP contribution is -2.42. The molecule has 0 heterocycles. The van der Waals surface area contributed by atoms with E-state index in [1.807, 2.05) is 13.0 Å². The van der Waals surface area contributed by atoms with Crippen LogP contribution in [0.5, 0.6) is 5.75 Å². The number of nitrogens with one attached hydrogen (secondary N) is 2. The average Bonchev–Trinajstić information content (AvgIpc) is 2.34. The van der Waals surface area contributed by atoms with Crippen LogP contribution in [0.1, 0.15) is 25.3 Å². The first-order valence-electron chi connectivity index (χ1n) is 6.51. The molecule has 0 bridgehead atoms. The first kappa shape index (κ1) is 15.8. The van der Waals surface area contributed by atoms with Crippen LogP contribution in [0.15, 0.2) is 24.3 Å². The summed E-state index contributed by atoms with van der Waals surface area (Å²) in [5.41, 5.74) is 0.934. The van der Waals surface area contributed by atoms with Gasteiger partial charge in [0.15, 0.2) is 0 Å². The van der Waals surface area contributed by atoms with Crippen molar-refractivity contribution in [2.45, 2.75) is 32.2 Å². The van der Waals surface area contributed by atoms with Crippen LogP contribution in [0.25, 0.3) is 0 Å². The van der Waals surface area contributed by atoms with Crippen molar-refractivity contribution in [1.82, 2.24) is 10.6 Å². The number of carbonyl (C=O) groups excluding carboxylic acids is 1. The van der Waals surface area contributed by atoms with Crippen LogP contribution in [-0.2, 0) is 11.2 Å². The van der Waals surface area contributed by atoms with E-state index in [9.17, 15) is 14.7 Å². The van der Waals surface area contributed by atoms with E-state index in [4.69, 9.17) is 5.11 Å². The molecule has 1 aromatic carbocycles. The Hall–Kier alpha value is -2.24. The van der Waals surface area contributed by atoms with Crippen molar-refractivity contribution >= 4 is 12.0 Å². The maximum absolute atomic E-state index is 11.5. The van der Waals surface area contributed by atoms with Gasteiger partial charge in [-0.05, 0) is 37.5 Å². The number of carbonyl (C=O) groups is 2. The molecule has 1 unspecified atom stereocenters. The minimum atomic E-state index is -0.871. The Morgan fingerprint density at radius 1 is 1.35 bits per heavy atom. The van der Waals surface area contributed by atoms with Gasteiger partial charge in [-0.3, -0.25) is 4.79 Å². The quantitative estimate of drug-likeness (QED) is 0.569. The monoisotopic (exact) mass is 280 g/mol. The van der Waals surface area contributed by atoms with Crippen LogP contribution in [0.4, 0.5) is 4.79 Å². The van der Waals surface area contributed by atoms with Crippen LogP contribution >= 0.6 is 0 Å². The van der Waals surface area contributed by atoms with Crippen LogP contribution in [-0.4, -0.2) is 34.8 Å². The van der Waals surface area contributed by atoms with Gasteiger partial charge in [-0.1, -0.05) is 12.1 Å². The van der Waals surface area contributed by atoms with Crippen LogP contribution in [0, 0.1) is 0 Å². The zero-order valence-corrected chi connectivity index (χ0v) is 11.4. The SMILES string of the molecule is CC(Cc1cccc(O)c1)NC(=O)NCCCC(=O)O. The molecule has 1 aromatic rings. The molecule has 0 aromatic heterocycles. The minimum Gasteiger partial charge on any atom is -0.508 e. The van der Waals surface area contributed by atoms with E-state index in [0.29, 0.717) is 19.4 Å². The van der Waals surface area contributed by atoms with Gasteiger partial charge in [0.1, 0.15) is 5.75 Å². The highest BCUT2D eigenvalue weighted by molar-refractivity contribution is 5.74. The predicted molar refractivity (Wildman–Crippen MR) is 74.7 cm³/mol. The van der Waals surface area contributed by atoms with Gasteiger partial charge in [-0.15, -0.1) is 0 Å². The van der Waals surface area contributed by atoms with Crippen LogP contribution < -0.4 is 10.6 Å². The number of benzene rings is 1. The zero-order valence-electron chi connectivity index (χ0n) is 11.4. The molecule has 0 saturated heterocycles. The van der Waals surface area contributed by atoms with E-state index in [2.05, 4.69) is 10.6 Å². The smallest absolute Gasteiger partial charge is 0.315 e. The number of hydrogen-bond donors (Lipinski definition) is 4. The standard InChI is InChI=1S/C14H20N2O4/c1-10(8-11-4-2-5-12(17)9-11)16-14(20)15-7-3-6-13(18)19/h2,4-5,9-10,17H,3,6-8H2,1H3,(H,18,19)(H2,15,16,20). The van der Waals surface area contributed by atoms with Gasteiger partial charge in [0.05, 0.1) is 0 Å². The molecule has 2 amide bonds. The Balaban J connectivity index is 2.26.